The summed E-state index contributed by atoms with van der Waals surface area (Å²) in [6.45, 7) is 1.66. The fourth-order valence-electron chi connectivity index (χ4n) is 4.39. The van der Waals surface area contributed by atoms with Crippen molar-refractivity contribution in [2.45, 2.75) is 25.0 Å². The van der Waals surface area contributed by atoms with Crippen LogP contribution in [0.4, 0.5) is 9.18 Å². The smallest absolute Gasteiger partial charge is 0.410 e. The molecule has 3 heterocycles. The molecular formula is C23H22FN3O3. The van der Waals surface area contributed by atoms with Gasteiger partial charge in [-0.15, -0.1) is 0 Å². The van der Waals surface area contributed by atoms with Crippen LogP contribution in [0.15, 0.2) is 54.6 Å². The highest BCUT2D eigenvalue weighted by atomic mass is 19.1. The predicted octanol–water partition coefficient (Wildman–Crippen LogP) is 4.11. The molecule has 0 aliphatic carbocycles. The van der Waals surface area contributed by atoms with Gasteiger partial charge >= 0.3 is 6.09 Å². The third-order valence-electron chi connectivity index (χ3n) is 6.02. The van der Waals surface area contributed by atoms with Gasteiger partial charge in [-0.2, -0.15) is 0 Å². The van der Waals surface area contributed by atoms with E-state index in [0.717, 1.165) is 11.1 Å². The van der Waals surface area contributed by atoms with Crippen LogP contribution < -0.4 is 0 Å². The molecule has 2 aliphatic heterocycles. The van der Waals surface area contributed by atoms with E-state index < -0.39 is 0 Å². The summed E-state index contributed by atoms with van der Waals surface area (Å²) in [5.74, 6) is -0.427. The van der Waals surface area contributed by atoms with Crippen molar-refractivity contribution in [2.75, 3.05) is 19.6 Å². The molecule has 0 saturated carbocycles. The Kier molecular flexibility index (Phi) is 4.65. The Morgan fingerprint density at radius 3 is 2.60 bits per heavy atom. The Hall–Kier alpha value is -3.35. The van der Waals surface area contributed by atoms with Gasteiger partial charge in [-0.1, -0.05) is 30.3 Å². The fraction of sp³-hybridized carbons (Fsp3) is 0.304. The Bertz CT molecular complexity index is 1090. The maximum absolute atomic E-state index is 13.4. The van der Waals surface area contributed by atoms with E-state index in [-0.39, 0.29) is 30.0 Å². The number of piperidine rings is 1. The van der Waals surface area contributed by atoms with Crippen LogP contribution in [-0.2, 0) is 4.74 Å². The average molecular weight is 407 g/mol. The SMILES string of the molecule is O=C(c1cc2cc(F)ccc2[nH]1)N1CCC(N2CC(c3ccccc3)OC2=O)CC1. The summed E-state index contributed by atoms with van der Waals surface area (Å²) in [6.07, 6.45) is 0.880. The summed E-state index contributed by atoms with van der Waals surface area (Å²) in [5, 5.41) is 0.681. The topological polar surface area (TPSA) is 65.6 Å². The number of nitrogens with one attached hydrogen (secondary N) is 1. The second-order valence-corrected chi connectivity index (χ2v) is 7.87. The second kappa shape index (κ2) is 7.48. The van der Waals surface area contributed by atoms with Gasteiger partial charge in [-0.05, 0) is 42.7 Å². The lowest BCUT2D eigenvalue weighted by Crippen LogP contribution is -2.47. The summed E-state index contributed by atoms with van der Waals surface area (Å²) in [6, 6.07) is 15.9. The van der Waals surface area contributed by atoms with Gasteiger partial charge < -0.3 is 19.5 Å². The third kappa shape index (κ3) is 3.40. The average Bonchev–Trinajstić information content (AvgIpc) is 3.37. The fourth-order valence-corrected chi connectivity index (χ4v) is 4.39. The Labute approximate surface area is 173 Å². The molecule has 0 bridgehead atoms. The summed E-state index contributed by atoms with van der Waals surface area (Å²) in [5.41, 5.74) is 2.19. The molecule has 2 aromatic carbocycles. The molecule has 0 spiro atoms. The molecule has 1 N–H and O–H groups in total. The van der Waals surface area contributed by atoms with Crippen molar-refractivity contribution in [2.24, 2.45) is 0 Å². The largest absolute Gasteiger partial charge is 0.439 e. The van der Waals surface area contributed by atoms with E-state index >= 15 is 0 Å². The number of nitrogens with zero attached hydrogens (tertiary/aromatic N) is 2. The Balaban J connectivity index is 1.22. The molecule has 30 heavy (non-hydrogen) atoms. The van der Waals surface area contributed by atoms with Crippen LogP contribution in [0.3, 0.4) is 0 Å². The van der Waals surface area contributed by atoms with Crippen LogP contribution in [0.2, 0.25) is 0 Å². The van der Waals surface area contributed by atoms with E-state index in [4.69, 9.17) is 4.74 Å². The molecule has 2 aliphatic rings. The van der Waals surface area contributed by atoms with Gasteiger partial charge in [0.2, 0.25) is 0 Å². The molecule has 154 valence electrons. The van der Waals surface area contributed by atoms with Crippen LogP contribution in [0.1, 0.15) is 35.0 Å². The standard InChI is InChI=1S/C23H22FN3O3/c24-17-6-7-19-16(12-17)13-20(25-19)22(28)26-10-8-18(9-11-26)27-14-21(30-23(27)29)15-4-2-1-3-5-15/h1-7,12-13,18,21,25H,8-11,14H2. The number of carbonyl (C=O) groups is 2. The molecule has 2 amide bonds. The molecule has 1 unspecified atom stereocenters. The maximum atomic E-state index is 13.4. The van der Waals surface area contributed by atoms with Crippen LogP contribution in [0, 0.1) is 5.82 Å². The number of fused-ring (bicyclic) bond motifs is 1. The first kappa shape index (κ1) is 18.7. The third-order valence-corrected chi connectivity index (χ3v) is 6.02. The number of carbonyl (C=O) groups excluding carboxylic acids is 2. The number of aromatic nitrogens is 1. The molecule has 7 heteroatoms. The van der Waals surface area contributed by atoms with Crippen LogP contribution in [-0.4, -0.2) is 52.5 Å². The van der Waals surface area contributed by atoms with Gasteiger partial charge in [0.25, 0.3) is 5.91 Å². The van der Waals surface area contributed by atoms with Gasteiger partial charge in [0, 0.05) is 30.0 Å². The first-order chi connectivity index (χ1) is 14.6. The molecule has 1 atom stereocenters. The first-order valence-electron chi connectivity index (χ1n) is 10.2. The van der Waals surface area contributed by atoms with E-state index in [2.05, 4.69) is 4.98 Å². The van der Waals surface area contributed by atoms with Crippen LogP contribution in [0.25, 0.3) is 10.9 Å². The lowest BCUT2D eigenvalue weighted by Gasteiger charge is -2.35. The Morgan fingerprint density at radius 1 is 1.07 bits per heavy atom. The lowest BCUT2D eigenvalue weighted by molar-refractivity contribution is 0.0653. The molecule has 2 fully saturated rings. The number of ether oxygens (including phenoxy) is 1. The summed E-state index contributed by atoms with van der Waals surface area (Å²) in [7, 11) is 0. The number of hydrogen-bond acceptors (Lipinski definition) is 3. The van der Waals surface area contributed by atoms with Crippen molar-refractivity contribution in [1.82, 2.24) is 14.8 Å². The highest BCUT2D eigenvalue weighted by Crippen LogP contribution is 2.30. The van der Waals surface area contributed by atoms with Gasteiger partial charge in [0.05, 0.1) is 6.54 Å². The number of amides is 2. The van der Waals surface area contributed by atoms with E-state index in [9.17, 15) is 14.0 Å². The molecule has 0 radical (unpaired) electrons. The van der Waals surface area contributed by atoms with Gasteiger partial charge in [-0.3, -0.25) is 4.79 Å². The van der Waals surface area contributed by atoms with Gasteiger partial charge in [0.1, 0.15) is 17.6 Å². The number of hydrogen-bond donors (Lipinski definition) is 1. The summed E-state index contributed by atoms with van der Waals surface area (Å²) in [4.78, 5) is 31.9. The number of H-pyrrole nitrogens is 1. The maximum Gasteiger partial charge on any atom is 0.410 e. The van der Waals surface area contributed by atoms with Crippen molar-refractivity contribution in [3.8, 4) is 0 Å². The van der Waals surface area contributed by atoms with Gasteiger partial charge in [0.15, 0.2) is 0 Å². The zero-order chi connectivity index (χ0) is 20.7. The van der Waals surface area contributed by atoms with Crippen molar-refractivity contribution in [3.05, 3.63) is 71.7 Å². The number of benzene rings is 2. The van der Waals surface area contributed by atoms with Crippen LogP contribution >= 0.6 is 0 Å². The minimum absolute atomic E-state index is 0.0621. The number of likely N-dealkylation sites (tertiary alicyclic amines) is 1. The van der Waals surface area contributed by atoms with E-state index in [1.807, 2.05) is 30.3 Å². The molecule has 3 aromatic rings. The van der Waals surface area contributed by atoms with E-state index in [1.54, 1.807) is 21.9 Å². The number of aromatic amines is 1. The second-order valence-electron chi connectivity index (χ2n) is 7.87. The number of cyclic esters (lactones) is 1. The number of halogens is 1. The van der Waals surface area contributed by atoms with Crippen molar-refractivity contribution < 1.29 is 18.7 Å². The normalized spacial score (nSPS) is 20.0. The monoisotopic (exact) mass is 407 g/mol. The molecule has 1 aromatic heterocycles. The molecule has 6 nitrogen and oxygen atoms in total. The molecular weight excluding hydrogens is 385 g/mol. The Morgan fingerprint density at radius 2 is 1.83 bits per heavy atom. The van der Waals surface area contributed by atoms with E-state index in [1.165, 1.54) is 12.1 Å². The minimum Gasteiger partial charge on any atom is -0.439 e. The highest BCUT2D eigenvalue weighted by Gasteiger charge is 2.38. The quantitative estimate of drug-likeness (QED) is 0.711. The summed E-state index contributed by atoms with van der Waals surface area (Å²) < 4.78 is 19.0. The predicted molar refractivity (Wildman–Crippen MR) is 110 cm³/mol. The first-order valence-corrected chi connectivity index (χ1v) is 10.2. The zero-order valence-electron chi connectivity index (χ0n) is 16.4. The molecule has 2 saturated heterocycles. The van der Waals surface area contributed by atoms with Crippen molar-refractivity contribution >= 4 is 22.9 Å². The lowest BCUT2D eigenvalue weighted by atomic mass is 10.0. The van der Waals surface area contributed by atoms with Crippen molar-refractivity contribution in [1.29, 1.82) is 0 Å². The zero-order valence-corrected chi connectivity index (χ0v) is 16.4. The van der Waals surface area contributed by atoms with Crippen LogP contribution in [0.5, 0.6) is 0 Å². The molecule has 5 rings (SSSR count). The van der Waals surface area contributed by atoms with Crippen molar-refractivity contribution in [3.63, 3.8) is 0 Å². The summed E-state index contributed by atoms with van der Waals surface area (Å²) >= 11 is 0. The minimum atomic E-state index is -0.326. The highest BCUT2D eigenvalue weighted by molar-refractivity contribution is 5.98. The van der Waals surface area contributed by atoms with E-state index in [0.29, 0.717) is 43.6 Å². The van der Waals surface area contributed by atoms with Gasteiger partial charge in [-0.25, -0.2) is 9.18 Å². The number of rotatable bonds is 3.